The fourth-order valence-electron chi connectivity index (χ4n) is 5.63. The zero-order chi connectivity index (χ0) is 29.2. The molecule has 41 heavy (non-hydrogen) atoms. The second-order valence-corrected chi connectivity index (χ2v) is 11.3. The molecule has 1 atom stereocenters. The summed E-state index contributed by atoms with van der Waals surface area (Å²) < 4.78 is 11.3. The Kier molecular flexibility index (Phi) is 15.3. The topological polar surface area (TPSA) is 98.8 Å². The number of para-hydroxylation sites is 1. The molecule has 3 N–H and O–H groups in total. The van der Waals surface area contributed by atoms with Gasteiger partial charge in [-0.1, -0.05) is 96.1 Å². The Bertz CT molecular complexity index is 1080. The van der Waals surface area contributed by atoms with Gasteiger partial charge >= 0.3 is 0 Å². The Morgan fingerprint density at radius 1 is 0.902 bits per heavy atom. The molecule has 2 heterocycles. The van der Waals surface area contributed by atoms with Gasteiger partial charge in [-0.05, 0) is 18.6 Å². The first-order chi connectivity index (χ1) is 20.1. The second-order valence-electron chi connectivity index (χ2n) is 11.3. The minimum absolute atomic E-state index is 0.0904. The number of amidine groups is 1. The smallest absolute Gasteiger partial charge is 0.230 e. The fraction of sp³-hybridized carbons (Fsp3) is 0.667. The lowest BCUT2D eigenvalue weighted by Gasteiger charge is -2.29. The number of ether oxygens (including phenoxy) is 2. The number of hydrogen-bond acceptors (Lipinski definition) is 6. The number of nitrogens with zero attached hydrogens (tertiary/aromatic N) is 3. The summed E-state index contributed by atoms with van der Waals surface area (Å²) in [6.07, 6.45) is 20.0. The Labute approximate surface area is 247 Å². The van der Waals surface area contributed by atoms with E-state index in [1.807, 2.05) is 24.3 Å². The normalized spacial score (nSPS) is 16.2. The van der Waals surface area contributed by atoms with E-state index in [-0.39, 0.29) is 10.5 Å². The molecular weight excluding hydrogens is 514 g/mol. The van der Waals surface area contributed by atoms with Crippen LogP contribution in [0.1, 0.15) is 103 Å². The summed E-state index contributed by atoms with van der Waals surface area (Å²) in [4.78, 5) is 21.6. The van der Waals surface area contributed by atoms with Crippen molar-refractivity contribution in [1.29, 1.82) is 0 Å². The average Bonchev–Trinajstić information content (AvgIpc) is 3.27. The number of pyridine rings is 1. The zero-order valence-electron chi connectivity index (χ0n) is 25.7. The highest BCUT2D eigenvalue weighted by atomic mass is 16.5. The van der Waals surface area contributed by atoms with Crippen molar-refractivity contribution in [2.45, 2.75) is 103 Å². The van der Waals surface area contributed by atoms with Crippen LogP contribution in [0.4, 0.5) is 11.4 Å². The number of amides is 1. The van der Waals surface area contributed by atoms with E-state index in [2.05, 4.69) is 17.2 Å². The van der Waals surface area contributed by atoms with Crippen LogP contribution in [0.5, 0.6) is 0 Å². The number of methoxy groups -OCH3 is 1. The van der Waals surface area contributed by atoms with Crippen molar-refractivity contribution >= 4 is 34.0 Å². The van der Waals surface area contributed by atoms with E-state index in [0.29, 0.717) is 45.8 Å². The Morgan fingerprint density at radius 2 is 1.56 bits per heavy atom. The summed E-state index contributed by atoms with van der Waals surface area (Å²) in [5.41, 5.74) is 2.66. The number of nitrogens with two attached hydrogens (primary N) is 1. The zero-order valence-corrected chi connectivity index (χ0v) is 25.7. The minimum Gasteiger partial charge on any atom is -0.384 e. The third kappa shape index (κ3) is 10.7. The van der Waals surface area contributed by atoms with Crippen molar-refractivity contribution in [2.75, 3.05) is 40.0 Å². The number of carbonyl (C=O) groups excluding carboxylic acids is 1. The summed E-state index contributed by atoms with van der Waals surface area (Å²) in [5, 5.41) is 4.00. The number of aromatic nitrogens is 1. The number of hydrogen-bond donors (Lipinski definition) is 2. The number of carbonyl (C=O) groups is 1. The van der Waals surface area contributed by atoms with Gasteiger partial charge in [-0.25, -0.2) is 0 Å². The molecule has 1 aromatic heterocycles. The molecule has 0 spiro atoms. The van der Waals surface area contributed by atoms with Crippen LogP contribution in [-0.2, 0) is 14.3 Å². The van der Waals surface area contributed by atoms with E-state index < -0.39 is 0 Å². The molecule has 1 aliphatic rings. The highest BCUT2D eigenvalue weighted by molar-refractivity contribution is 6.10. The van der Waals surface area contributed by atoms with Gasteiger partial charge in [-0.2, -0.15) is 15.4 Å². The number of fused-ring (bicyclic) bond motifs is 3. The molecule has 1 unspecified atom stereocenters. The number of benzene rings is 1. The van der Waals surface area contributed by atoms with Crippen molar-refractivity contribution in [3.63, 3.8) is 0 Å². The highest BCUT2D eigenvalue weighted by Gasteiger charge is 2.42. The Morgan fingerprint density at radius 3 is 2.24 bits per heavy atom. The van der Waals surface area contributed by atoms with Gasteiger partial charge in [0.25, 0.3) is 0 Å². The van der Waals surface area contributed by atoms with Crippen LogP contribution >= 0.6 is 0 Å². The summed E-state index contributed by atoms with van der Waals surface area (Å²) in [7, 11) is 1.68. The van der Waals surface area contributed by atoms with Crippen LogP contribution in [0, 0.1) is 0 Å². The fourth-order valence-corrected chi connectivity index (χ4v) is 5.63. The van der Waals surface area contributed by atoms with E-state index in [1.165, 1.54) is 70.6 Å². The van der Waals surface area contributed by atoms with Gasteiger partial charge in [0.1, 0.15) is 6.54 Å². The minimum atomic E-state index is 0.0904. The summed E-state index contributed by atoms with van der Waals surface area (Å²) >= 11 is 0. The molecule has 1 amide bonds. The van der Waals surface area contributed by atoms with Crippen molar-refractivity contribution in [3.05, 3.63) is 30.5 Å². The van der Waals surface area contributed by atoms with Crippen molar-refractivity contribution < 1.29 is 14.3 Å². The van der Waals surface area contributed by atoms with E-state index in [4.69, 9.17) is 20.3 Å². The Balaban J connectivity index is 1.26. The first kappa shape index (κ1) is 33.1. The molecule has 8 nitrogen and oxygen atoms in total. The lowest BCUT2D eigenvalue weighted by Crippen LogP contribution is -2.60. The van der Waals surface area contributed by atoms with Crippen molar-refractivity contribution in [2.24, 2.45) is 10.8 Å². The quantitative estimate of drug-likeness (QED) is 0.0845. The number of quaternary nitrogens is 1. The predicted molar refractivity (Wildman–Crippen MR) is 170 cm³/mol. The predicted octanol–water partition coefficient (Wildman–Crippen LogP) is 7.11. The average molecular weight is 569 g/mol. The number of rotatable bonds is 23. The SMILES string of the molecule is CCCCCCCCCCCCCCCC(=O)NCCOCC[N+]1(N)C(CCOC)=Nc2cnc3ccccc3c21. The van der Waals surface area contributed by atoms with Gasteiger partial charge in [-0.3, -0.25) is 9.78 Å². The molecule has 0 radical (unpaired) electrons. The molecule has 3 rings (SSSR count). The monoisotopic (exact) mass is 568 g/mol. The third-order valence-corrected chi connectivity index (χ3v) is 8.03. The van der Waals surface area contributed by atoms with E-state index >= 15 is 0 Å². The first-order valence-corrected chi connectivity index (χ1v) is 16.1. The molecule has 0 saturated heterocycles. The second kappa shape index (κ2) is 18.9. The molecule has 2 aromatic rings. The molecule has 8 heteroatoms. The standard InChI is InChI=1S/C33H53N5O3/c1-3-4-5-6-7-8-9-10-11-12-13-14-15-20-32(39)35-22-25-41-26-23-38(34)31(21-24-40-2)37-30-27-36-29-19-17-16-18-28(29)33(30)38/h16-19,27H,3-15,20-26,34H2,1-2H3/p+1. The third-order valence-electron chi connectivity index (χ3n) is 8.03. The first-order valence-electron chi connectivity index (χ1n) is 16.1. The maximum Gasteiger partial charge on any atom is 0.230 e. The van der Waals surface area contributed by atoms with Gasteiger partial charge in [0.05, 0.1) is 43.3 Å². The van der Waals surface area contributed by atoms with Crippen LogP contribution in [0.3, 0.4) is 0 Å². The van der Waals surface area contributed by atoms with Crippen LogP contribution in [-0.4, -0.2) is 56.7 Å². The summed E-state index contributed by atoms with van der Waals surface area (Å²) in [6, 6.07) is 8.01. The van der Waals surface area contributed by atoms with Crippen LogP contribution < -0.4 is 15.8 Å². The van der Waals surface area contributed by atoms with E-state index in [1.54, 1.807) is 13.3 Å². The number of unbranched alkanes of at least 4 members (excludes halogenated alkanes) is 12. The van der Waals surface area contributed by atoms with Gasteiger partial charge < -0.3 is 14.8 Å². The maximum absolute atomic E-state index is 12.2. The van der Waals surface area contributed by atoms with Gasteiger partial charge in [0.2, 0.25) is 11.7 Å². The molecule has 0 aliphatic carbocycles. The molecule has 1 aliphatic heterocycles. The summed E-state index contributed by atoms with van der Waals surface area (Å²) in [5.74, 6) is 7.95. The highest BCUT2D eigenvalue weighted by Crippen LogP contribution is 2.43. The van der Waals surface area contributed by atoms with Crippen molar-refractivity contribution in [3.8, 4) is 0 Å². The molecular formula is C33H54N5O3+. The number of aliphatic imine (C=N–C) groups is 1. The van der Waals surface area contributed by atoms with Crippen LogP contribution in [0.15, 0.2) is 35.5 Å². The van der Waals surface area contributed by atoms with Gasteiger partial charge in [-0.15, -0.1) is 0 Å². The lowest BCUT2D eigenvalue weighted by molar-refractivity contribution is -0.121. The number of nitrogens with one attached hydrogen (secondary N) is 1. The van der Waals surface area contributed by atoms with Gasteiger partial charge in [0.15, 0.2) is 11.4 Å². The maximum atomic E-state index is 12.2. The van der Waals surface area contributed by atoms with Crippen LogP contribution in [0.2, 0.25) is 0 Å². The molecule has 1 aromatic carbocycles. The largest absolute Gasteiger partial charge is 0.384 e. The molecule has 0 fully saturated rings. The van der Waals surface area contributed by atoms with E-state index in [0.717, 1.165) is 41.0 Å². The van der Waals surface area contributed by atoms with E-state index in [9.17, 15) is 4.79 Å². The van der Waals surface area contributed by atoms with Crippen LogP contribution in [0.25, 0.3) is 10.9 Å². The lowest BCUT2D eigenvalue weighted by atomic mass is 10.0. The summed E-state index contributed by atoms with van der Waals surface area (Å²) in [6.45, 7) is 4.77. The van der Waals surface area contributed by atoms with Gasteiger partial charge in [0, 0.05) is 20.1 Å². The molecule has 0 bridgehead atoms. The Hall–Kier alpha value is -2.39. The molecule has 0 saturated carbocycles. The van der Waals surface area contributed by atoms with Crippen molar-refractivity contribution in [1.82, 2.24) is 14.9 Å². The molecule has 228 valence electrons.